The Morgan fingerprint density at radius 1 is 1.19 bits per heavy atom. The normalized spacial score (nSPS) is 21.5. The topological polar surface area (TPSA) is 32.3 Å². The zero-order valence-corrected chi connectivity index (χ0v) is 13.4. The summed E-state index contributed by atoms with van der Waals surface area (Å²) in [6, 6.07) is 5.57. The third-order valence-corrected chi connectivity index (χ3v) is 5.44. The molecule has 2 aliphatic heterocycles. The van der Waals surface area contributed by atoms with E-state index in [1.807, 2.05) is 24.0 Å². The van der Waals surface area contributed by atoms with Gasteiger partial charge in [-0.05, 0) is 68.8 Å². The van der Waals surface area contributed by atoms with Gasteiger partial charge in [0.2, 0.25) is 0 Å². The quantitative estimate of drug-likeness (QED) is 0.864. The van der Waals surface area contributed by atoms with E-state index in [1.165, 1.54) is 12.8 Å². The molecule has 1 amide bonds. The van der Waals surface area contributed by atoms with Gasteiger partial charge in [0.05, 0.1) is 0 Å². The standard InChI is InChI=1S/C17H23ClN2O/c1-13-2-3-14(18)12-15(13)16(21)20-10-6-17(7-11-20)4-8-19-9-5-17/h2-3,12,19H,4-11H2,1H3. The van der Waals surface area contributed by atoms with E-state index < -0.39 is 0 Å². The van der Waals surface area contributed by atoms with Crippen molar-refractivity contribution in [1.82, 2.24) is 10.2 Å². The van der Waals surface area contributed by atoms with E-state index in [-0.39, 0.29) is 5.91 Å². The van der Waals surface area contributed by atoms with E-state index in [1.54, 1.807) is 6.07 Å². The van der Waals surface area contributed by atoms with Crippen LogP contribution in [0.5, 0.6) is 0 Å². The van der Waals surface area contributed by atoms with Crippen LogP contribution in [-0.4, -0.2) is 37.0 Å². The number of rotatable bonds is 1. The number of nitrogens with zero attached hydrogens (tertiary/aromatic N) is 1. The number of carbonyl (C=O) groups excluding carboxylic acids is 1. The lowest BCUT2D eigenvalue weighted by atomic mass is 9.71. The first-order valence-corrected chi connectivity index (χ1v) is 8.24. The molecule has 1 N–H and O–H groups in total. The molecule has 0 aromatic heterocycles. The Balaban J connectivity index is 1.69. The molecule has 3 rings (SSSR count). The number of likely N-dealkylation sites (tertiary alicyclic amines) is 1. The summed E-state index contributed by atoms with van der Waals surface area (Å²) in [5, 5.41) is 4.07. The molecule has 114 valence electrons. The Labute approximate surface area is 131 Å². The first-order valence-electron chi connectivity index (χ1n) is 7.86. The maximum absolute atomic E-state index is 12.7. The number of carbonyl (C=O) groups is 1. The van der Waals surface area contributed by atoms with Crippen molar-refractivity contribution in [1.29, 1.82) is 0 Å². The van der Waals surface area contributed by atoms with Crippen LogP contribution in [0.1, 0.15) is 41.6 Å². The zero-order chi connectivity index (χ0) is 14.9. The van der Waals surface area contributed by atoms with Gasteiger partial charge in [0.15, 0.2) is 0 Å². The van der Waals surface area contributed by atoms with Crippen molar-refractivity contribution >= 4 is 17.5 Å². The second-order valence-corrected chi connectivity index (χ2v) is 6.94. The fraction of sp³-hybridized carbons (Fsp3) is 0.588. The van der Waals surface area contributed by atoms with Gasteiger partial charge in [0, 0.05) is 23.7 Å². The number of amides is 1. The van der Waals surface area contributed by atoms with Crippen LogP contribution >= 0.6 is 11.6 Å². The van der Waals surface area contributed by atoms with Gasteiger partial charge in [-0.3, -0.25) is 4.79 Å². The molecule has 0 radical (unpaired) electrons. The summed E-state index contributed by atoms with van der Waals surface area (Å²) in [7, 11) is 0. The molecule has 3 nitrogen and oxygen atoms in total. The molecular formula is C17H23ClN2O. The predicted molar refractivity (Wildman–Crippen MR) is 85.9 cm³/mol. The number of aryl methyl sites for hydroxylation is 1. The van der Waals surface area contributed by atoms with Gasteiger partial charge in [-0.25, -0.2) is 0 Å². The molecule has 2 fully saturated rings. The van der Waals surface area contributed by atoms with Crippen LogP contribution in [0, 0.1) is 12.3 Å². The minimum atomic E-state index is 0.138. The number of hydrogen-bond acceptors (Lipinski definition) is 2. The summed E-state index contributed by atoms with van der Waals surface area (Å²) in [4.78, 5) is 14.7. The van der Waals surface area contributed by atoms with Crippen LogP contribution in [0.2, 0.25) is 5.02 Å². The third kappa shape index (κ3) is 3.09. The number of nitrogens with one attached hydrogen (secondary N) is 1. The highest BCUT2D eigenvalue weighted by Crippen LogP contribution is 2.39. The summed E-state index contributed by atoms with van der Waals surface area (Å²) in [5.41, 5.74) is 2.24. The van der Waals surface area contributed by atoms with Gasteiger partial charge in [0.25, 0.3) is 5.91 Å². The fourth-order valence-corrected chi connectivity index (χ4v) is 3.81. The second-order valence-electron chi connectivity index (χ2n) is 6.50. The Bertz CT molecular complexity index is 528. The Kier molecular flexibility index (Phi) is 4.23. The molecule has 1 aromatic carbocycles. The summed E-state index contributed by atoms with van der Waals surface area (Å²) in [6.07, 6.45) is 4.79. The molecule has 1 spiro atoms. The minimum Gasteiger partial charge on any atom is -0.339 e. The lowest BCUT2D eigenvalue weighted by Crippen LogP contribution is -2.47. The largest absolute Gasteiger partial charge is 0.339 e. The molecule has 0 bridgehead atoms. The van der Waals surface area contributed by atoms with Crippen LogP contribution in [0.4, 0.5) is 0 Å². The summed E-state index contributed by atoms with van der Waals surface area (Å²) in [6.45, 7) is 5.99. The number of hydrogen-bond donors (Lipinski definition) is 1. The number of benzene rings is 1. The smallest absolute Gasteiger partial charge is 0.254 e. The molecule has 2 saturated heterocycles. The van der Waals surface area contributed by atoms with Crippen LogP contribution < -0.4 is 5.32 Å². The van der Waals surface area contributed by atoms with Crippen LogP contribution in [-0.2, 0) is 0 Å². The van der Waals surface area contributed by atoms with Crippen molar-refractivity contribution in [2.45, 2.75) is 32.6 Å². The van der Waals surface area contributed by atoms with Crippen molar-refractivity contribution in [2.75, 3.05) is 26.2 Å². The third-order valence-electron chi connectivity index (χ3n) is 5.21. The number of halogens is 1. The first kappa shape index (κ1) is 14.9. The highest BCUT2D eigenvalue weighted by molar-refractivity contribution is 6.31. The van der Waals surface area contributed by atoms with Gasteiger partial charge in [-0.2, -0.15) is 0 Å². The Hall–Kier alpha value is -1.06. The highest BCUT2D eigenvalue weighted by atomic mass is 35.5. The van der Waals surface area contributed by atoms with Crippen molar-refractivity contribution in [3.8, 4) is 0 Å². The average molecular weight is 307 g/mol. The average Bonchev–Trinajstić information content (AvgIpc) is 2.51. The Morgan fingerprint density at radius 2 is 1.86 bits per heavy atom. The summed E-state index contributed by atoms with van der Waals surface area (Å²) < 4.78 is 0. The van der Waals surface area contributed by atoms with Gasteiger partial charge >= 0.3 is 0 Å². The molecule has 2 heterocycles. The van der Waals surface area contributed by atoms with Crippen molar-refractivity contribution in [3.05, 3.63) is 34.3 Å². The van der Waals surface area contributed by atoms with E-state index in [4.69, 9.17) is 11.6 Å². The molecule has 0 atom stereocenters. The van der Waals surface area contributed by atoms with E-state index in [2.05, 4.69) is 5.32 Å². The van der Waals surface area contributed by atoms with Gasteiger partial charge < -0.3 is 10.2 Å². The lowest BCUT2D eigenvalue weighted by molar-refractivity contribution is 0.0495. The zero-order valence-electron chi connectivity index (χ0n) is 12.6. The molecule has 0 aliphatic carbocycles. The molecule has 2 aliphatic rings. The molecule has 0 unspecified atom stereocenters. The number of piperidine rings is 2. The van der Waals surface area contributed by atoms with E-state index in [0.29, 0.717) is 10.4 Å². The van der Waals surface area contributed by atoms with Crippen LogP contribution in [0.15, 0.2) is 18.2 Å². The molecule has 1 aromatic rings. The van der Waals surface area contributed by atoms with Crippen molar-refractivity contribution in [2.24, 2.45) is 5.41 Å². The van der Waals surface area contributed by atoms with Gasteiger partial charge in [-0.15, -0.1) is 0 Å². The minimum absolute atomic E-state index is 0.138. The van der Waals surface area contributed by atoms with Gasteiger partial charge in [-0.1, -0.05) is 17.7 Å². The van der Waals surface area contributed by atoms with Crippen LogP contribution in [0.3, 0.4) is 0 Å². The lowest BCUT2D eigenvalue weighted by Gasteiger charge is -2.44. The van der Waals surface area contributed by atoms with Gasteiger partial charge in [0.1, 0.15) is 0 Å². The summed E-state index contributed by atoms with van der Waals surface area (Å²) >= 11 is 6.04. The highest BCUT2D eigenvalue weighted by Gasteiger charge is 2.36. The maximum Gasteiger partial charge on any atom is 0.254 e. The first-order chi connectivity index (χ1) is 10.1. The predicted octanol–water partition coefficient (Wildman–Crippen LogP) is 3.25. The fourth-order valence-electron chi connectivity index (χ4n) is 3.64. The van der Waals surface area contributed by atoms with Crippen molar-refractivity contribution in [3.63, 3.8) is 0 Å². The molecule has 0 saturated carbocycles. The summed E-state index contributed by atoms with van der Waals surface area (Å²) in [5.74, 6) is 0.138. The maximum atomic E-state index is 12.7. The molecule has 4 heteroatoms. The molecule has 21 heavy (non-hydrogen) atoms. The second kappa shape index (κ2) is 5.98. The Morgan fingerprint density at radius 3 is 2.52 bits per heavy atom. The van der Waals surface area contributed by atoms with E-state index >= 15 is 0 Å². The monoisotopic (exact) mass is 306 g/mol. The van der Waals surface area contributed by atoms with E-state index in [9.17, 15) is 4.79 Å². The van der Waals surface area contributed by atoms with Crippen LogP contribution in [0.25, 0.3) is 0 Å². The van der Waals surface area contributed by atoms with Crippen molar-refractivity contribution < 1.29 is 4.79 Å². The van der Waals surface area contributed by atoms with E-state index in [0.717, 1.165) is 50.1 Å². The SMILES string of the molecule is Cc1ccc(Cl)cc1C(=O)N1CCC2(CCNCC2)CC1. The molecular weight excluding hydrogens is 284 g/mol.